The lowest BCUT2D eigenvalue weighted by Gasteiger charge is -2.32. The summed E-state index contributed by atoms with van der Waals surface area (Å²) in [5, 5.41) is 2.67. The van der Waals surface area contributed by atoms with Crippen LogP contribution in [0.2, 0.25) is 0 Å². The number of fused-ring (bicyclic) bond motifs is 1. The third-order valence-corrected chi connectivity index (χ3v) is 6.08. The Labute approximate surface area is 176 Å². The number of hydrogen-bond donors (Lipinski definition) is 2. The second kappa shape index (κ2) is 9.27. The molecule has 1 atom stereocenters. The van der Waals surface area contributed by atoms with E-state index in [4.69, 9.17) is 4.74 Å². The number of carbonyl (C=O) groups excluding carboxylic acids is 2. The van der Waals surface area contributed by atoms with Crippen LogP contribution in [0.25, 0.3) is 0 Å². The minimum absolute atomic E-state index is 0.0674. The fourth-order valence-electron chi connectivity index (χ4n) is 3.07. The Morgan fingerprint density at radius 3 is 2.70 bits per heavy atom. The van der Waals surface area contributed by atoms with E-state index < -0.39 is 22.0 Å². The zero-order valence-electron chi connectivity index (χ0n) is 16.9. The lowest BCUT2D eigenvalue weighted by Crippen LogP contribution is -2.47. The van der Waals surface area contributed by atoms with Gasteiger partial charge in [-0.2, -0.15) is 0 Å². The van der Waals surface area contributed by atoms with E-state index in [-0.39, 0.29) is 17.3 Å². The lowest BCUT2D eigenvalue weighted by molar-refractivity contribution is -0.127. The van der Waals surface area contributed by atoms with E-state index in [9.17, 15) is 18.0 Å². The van der Waals surface area contributed by atoms with E-state index in [0.717, 1.165) is 12.8 Å². The van der Waals surface area contributed by atoms with Crippen molar-refractivity contribution in [1.29, 1.82) is 0 Å². The SMILES string of the molecule is CCCCNS(=O)(=O)c1cccc(NC(=O)CN2C(=O)C(C)Oc3ccccc32)c1. The van der Waals surface area contributed by atoms with Gasteiger partial charge in [-0.1, -0.05) is 31.5 Å². The van der Waals surface area contributed by atoms with E-state index >= 15 is 0 Å². The Balaban J connectivity index is 1.72. The third-order valence-electron chi connectivity index (χ3n) is 4.63. The van der Waals surface area contributed by atoms with E-state index in [1.165, 1.54) is 17.0 Å². The fourth-order valence-corrected chi connectivity index (χ4v) is 4.19. The fraction of sp³-hybridized carbons (Fsp3) is 0.333. The van der Waals surface area contributed by atoms with Crippen LogP contribution in [-0.4, -0.2) is 39.4 Å². The summed E-state index contributed by atoms with van der Waals surface area (Å²) in [5.41, 5.74) is 0.854. The van der Waals surface area contributed by atoms with Gasteiger partial charge in [0.25, 0.3) is 5.91 Å². The highest BCUT2D eigenvalue weighted by Gasteiger charge is 2.32. The van der Waals surface area contributed by atoms with Gasteiger partial charge in [-0.3, -0.25) is 14.5 Å². The summed E-state index contributed by atoms with van der Waals surface area (Å²) in [6.07, 6.45) is 0.916. The van der Waals surface area contributed by atoms with E-state index in [1.807, 2.05) is 6.92 Å². The first-order valence-corrected chi connectivity index (χ1v) is 11.3. The number of anilines is 2. The first-order chi connectivity index (χ1) is 14.3. The van der Waals surface area contributed by atoms with Gasteiger partial charge in [-0.25, -0.2) is 13.1 Å². The van der Waals surface area contributed by atoms with Crippen molar-refractivity contribution in [1.82, 2.24) is 4.72 Å². The molecular weight excluding hydrogens is 406 g/mol. The number of sulfonamides is 1. The van der Waals surface area contributed by atoms with E-state index in [1.54, 1.807) is 43.3 Å². The van der Waals surface area contributed by atoms with E-state index in [2.05, 4.69) is 10.0 Å². The first-order valence-electron chi connectivity index (χ1n) is 9.78. The molecule has 2 N–H and O–H groups in total. The normalized spacial score (nSPS) is 16.0. The monoisotopic (exact) mass is 431 g/mol. The van der Waals surface area contributed by atoms with Crippen LogP contribution >= 0.6 is 0 Å². The molecule has 1 heterocycles. The van der Waals surface area contributed by atoms with Gasteiger partial charge in [0.2, 0.25) is 15.9 Å². The van der Waals surface area contributed by atoms with Crippen molar-refractivity contribution in [3.63, 3.8) is 0 Å². The zero-order valence-corrected chi connectivity index (χ0v) is 17.7. The molecule has 1 aliphatic rings. The molecule has 1 unspecified atom stereocenters. The first kappa shape index (κ1) is 21.8. The number of rotatable bonds is 8. The number of benzene rings is 2. The molecule has 0 radical (unpaired) electrons. The van der Waals surface area contributed by atoms with Gasteiger partial charge in [0.1, 0.15) is 12.3 Å². The number of para-hydroxylation sites is 2. The highest BCUT2D eigenvalue weighted by Crippen LogP contribution is 2.33. The van der Waals surface area contributed by atoms with Crippen molar-refractivity contribution < 1.29 is 22.7 Å². The van der Waals surface area contributed by atoms with Crippen molar-refractivity contribution in [2.24, 2.45) is 0 Å². The van der Waals surface area contributed by atoms with Gasteiger partial charge in [0.15, 0.2) is 6.10 Å². The predicted molar refractivity (Wildman–Crippen MR) is 114 cm³/mol. The molecule has 1 aliphatic heterocycles. The summed E-state index contributed by atoms with van der Waals surface area (Å²) in [6.45, 7) is 3.74. The zero-order chi connectivity index (χ0) is 21.7. The van der Waals surface area contributed by atoms with Crippen LogP contribution in [0.15, 0.2) is 53.4 Å². The Morgan fingerprint density at radius 1 is 1.17 bits per heavy atom. The quantitative estimate of drug-likeness (QED) is 0.625. The molecular formula is C21H25N3O5S. The molecule has 8 nitrogen and oxygen atoms in total. The molecule has 0 spiro atoms. The number of hydrogen-bond acceptors (Lipinski definition) is 5. The van der Waals surface area contributed by atoms with Gasteiger partial charge in [-0.05, 0) is 43.7 Å². The molecule has 2 aromatic rings. The molecule has 0 bridgehead atoms. The van der Waals surface area contributed by atoms with Crippen LogP contribution in [0.4, 0.5) is 11.4 Å². The number of ether oxygens (including phenoxy) is 1. The minimum atomic E-state index is -3.66. The van der Waals surface area contributed by atoms with Crippen molar-refractivity contribution in [2.45, 2.75) is 37.7 Å². The Kier molecular flexibility index (Phi) is 6.73. The Hall–Kier alpha value is -2.91. The summed E-state index contributed by atoms with van der Waals surface area (Å²) >= 11 is 0. The van der Waals surface area contributed by atoms with Crippen LogP contribution in [0, 0.1) is 0 Å². The van der Waals surface area contributed by atoms with Gasteiger partial charge in [-0.15, -0.1) is 0 Å². The lowest BCUT2D eigenvalue weighted by atomic mass is 10.2. The third kappa shape index (κ3) is 4.98. The Morgan fingerprint density at radius 2 is 1.93 bits per heavy atom. The standard InChI is InChI=1S/C21H25N3O5S/c1-3-4-12-22-30(27,28)17-9-7-8-16(13-17)23-20(25)14-24-18-10-5-6-11-19(18)29-15(2)21(24)26/h5-11,13,15,22H,3-4,12,14H2,1-2H3,(H,23,25). The maximum Gasteiger partial charge on any atom is 0.268 e. The smallest absolute Gasteiger partial charge is 0.268 e. The second-order valence-electron chi connectivity index (χ2n) is 6.98. The average molecular weight is 432 g/mol. The van der Waals surface area contributed by atoms with Gasteiger partial charge < -0.3 is 10.1 Å². The predicted octanol–water partition coefficient (Wildman–Crippen LogP) is 2.52. The number of nitrogens with zero attached hydrogens (tertiary/aromatic N) is 1. The largest absolute Gasteiger partial charge is 0.479 e. The molecule has 30 heavy (non-hydrogen) atoms. The molecule has 0 aliphatic carbocycles. The van der Waals surface area contributed by atoms with E-state index in [0.29, 0.717) is 23.7 Å². The van der Waals surface area contributed by atoms with Crippen LogP contribution in [0.1, 0.15) is 26.7 Å². The second-order valence-corrected chi connectivity index (χ2v) is 8.75. The summed E-state index contributed by atoms with van der Waals surface area (Å²) < 4.78 is 32.9. The number of amides is 2. The van der Waals surface area contributed by atoms with Crippen molar-refractivity contribution in [3.05, 3.63) is 48.5 Å². The van der Waals surface area contributed by atoms with Crippen LogP contribution in [0.3, 0.4) is 0 Å². The molecule has 160 valence electrons. The van der Waals surface area contributed by atoms with Crippen molar-refractivity contribution in [2.75, 3.05) is 23.3 Å². The molecule has 0 saturated heterocycles. The molecule has 0 saturated carbocycles. The van der Waals surface area contributed by atoms with Crippen LogP contribution in [0.5, 0.6) is 5.75 Å². The van der Waals surface area contributed by atoms with Crippen LogP contribution < -0.4 is 19.7 Å². The number of unbranched alkanes of at least 4 members (excludes halogenated alkanes) is 1. The minimum Gasteiger partial charge on any atom is -0.479 e. The summed E-state index contributed by atoms with van der Waals surface area (Å²) in [7, 11) is -3.66. The maximum absolute atomic E-state index is 12.6. The van der Waals surface area contributed by atoms with Gasteiger partial charge >= 0.3 is 0 Å². The number of nitrogens with one attached hydrogen (secondary N) is 2. The molecule has 2 aromatic carbocycles. The summed E-state index contributed by atoms with van der Waals surface area (Å²) in [5.74, 6) is -0.232. The topological polar surface area (TPSA) is 105 Å². The molecule has 3 rings (SSSR count). The molecule has 9 heteroatoms. The van der Waals surface area contributed by atoms with Crippen LogP contribution in [-0.2, 0) is 19.6 Å². The van der Waals surface area contributed by atoms with Crippen molar-refractivity contribution >= 4 is 33.2 Å². The maximum atomic E-state index is 12.6. The van der Waals surface area contributed by atoms with Gasteiger partial charge in [0, 0.05) is 12.2 Å². The summed E-state index contributed by atoms with van der Waals surface area (Å²) in [6, 6.07) is 13.0. The summed E-state index contributed by atoms with van der Waals surface area (Å²) in [4.78, 5) is 26.6. The number of carbonyl (C=O) groups is 2. The Bertz CT molecular complexity index is 1040. The molecule has 2 amide bonds. The highest BCUT2D eigenvalue weighted by atomic mass is 32.2. The molecule has 0 fully saturated rings. The van der Waals surface area contributed by atoms with Crippen molar-refractivity contribution in [3.8, 4) is 5.75 Å². The highest BCUT2D eigenvalue weighted by molar-refractivity contribution is 7.89. The molecule has 0 aromatic heterocycles. The van der Waals surface area contributed by atoms with Gasteiger partial charge in [0.05, 0.1) is 10.6 Å². The average Bonchev–Trinajstić information content (AvgIpc) is 2.71.